The molecule has 2 N–H and O–H groups in total. The fourth-order valence-electron chi connectivity index (χ4n) is 2.70. The average Bonchev–Trinajstić information content (AvgIpc) is 2.84. The van der Waals surface area contributed by atoms with E-state index in [2.05, 4.69) is 22.7 Å². The summed E-state index contributed by atoms with van der Waals surface area (Å²) in [5.41, 5.74) is 0. The van der Waals surface area contributed by atoms with Gasteiger partial charge >= 0.3 is 6.03 Å². The molecule has 0 aliphatic heterocycles. The molecule has 1 aromatic rings. The molecule has 106 valence electrons. The van der Waals surface area contributed by atoms with E-state index in [1.165, 1.54) is 19.3 Å². The van der Waals surface area contributed by atoms with Crippen molar-refractivity contribution < 1.29 is 4.79 Å². The summed E-state index contributed by atoms with van der Waals surface area (Å²) in [5, 5.41) is 10.2. The van der Waals surface area contributed by atoms with E-state index in [-0.39, 0.29) is 12.1 Å². The Balaban J connectivity index is 1.74. The van der Waals surface area contributed by atoms with Crippen LogP contribution in [-0.4, -0.2) is 27.9 Å². The van der Waals surface area contributed by atoms with Crippen molar-refractivity contribution in [3.8, 4) is 0 Å². The maximum Gasteiger partial charge on any atom is 0.315 e. The van der Waals surface area contributed by atoms with E-state index in [0.29, 0.717) is 18.5 Å². The molecule has 1 heterocycles. The Hall–Kier alpha value is -1.52. The van der Waals surface area contributed by atoms with Crippen LogP contribution in [-0.2, 0) is 6.54 Å². The maximum absolute atomic E-state index is 11.9. The third kappa shape index (κ3) is 4.26. The molecule has 0 saturated heterocycles. The number of carbonyl (C=O) groups is 1. The molecular weight excluding hydrogens is 240 g/mol. The summed E-state index contributed by atoms with van der Waals surface area (Å²) < 4.78 is 1.83. The highest BCUT2D eigenvalue weighted by atomic mass is 16.2. The molecule has 1 saturated carbocycles. The van der Waals surface area contributed by atoms with Crippen LogP contribution in [0.4, 0.5) is 4.79 Å². The second-order valence-electron chi connectivity index (χ2n) is 5.62. The van der Waals surface area contributed by atoms with E-state index < -0.39 is 0 Å². The van der Waals surface area contributed by atoms with Crippen molar-refractivity contribution in [1.29, 1.82) is 0 Å². The SMILES string of the molecule is C[C@H](Cn1cccn1)NC(=O)N[C@@H]1CCCC[C@@H]1C. The van der Waals surface area contributed by atoms with Gasteiger partial charge in [-0.25, -0.2) is 4.79 Å². The molecule has 5 heteroatoms. The number of amides is 2. The highest BCUT2D eigenvalue weighted by Gasteiger charge is 2.23. The van der Waals surface area contributed by atoms with Crippen molar-refractivity contribution in [3.63, 3.8) is 0 Å². The summed E-state index contributed by atoms with van der Waals surface area (Å²) in [6, 6.07) is 2.22. The summed E-state index contributed by atoms with van der Waals surface area (Å²) in [5.74, 6) is 0.584. The molecule has 0 spiro atoms. The van der Waals surface area contributed by atoms with Crippen molar-refractivity contribution in [2.24, 2.45) is 5.92 Å². The molecule has 0 bridgehead atoms. The molecule has 5 nitrogen and oxygen atoms in total. The normalized spacial score (nSPS) is 24.7. The summed E-state index contributed by atoms with van der Waals surface area (Å²) in [6.45, 7) is 4.91. The van der Waals surface area contributed by atoms with Crippen LogP contribution in [0, 0.1) is 5.92 Å². The Morgan fingerprint density at radius 2 is 2.26 bits per heavy atom. The van der Waals surface area contributed by atoms with Gasteiger partial charge in [-0.3, -0.25) is 4.68 Å². The molecule has 0 radical (unpaired) electrons. The van der Waals surface area contributed by atoms with E-state index in [9.17, 15) is 4.79 Å². The monoisotopic (exact) mass is 264 g/mol. The van der Waals surface area contributed by atoms with Crippen LogP contribution in [0.3, 0.4) is 0 Å². The molecule has 1 aliphatic carbocycles. The second-order valence-corrected chi connectivity index (χ2v) is 5.62. The number of carbonyl (C=O) groups excluding carboxylic acids is 1. The molecule has 3 atom stereocenters. The van der Waals surface area contributed by atoms with Gasteiger partial charge in [-0.15, -0.1) is 0 Å². The number of rotatable bonds is 4. The summed E-state index contributed by atoms with van der Waals surface area (Å²) in [7, 11) is 0. The van der Waals surface area contributed by atoms with Gasteiger partial charge in [-0.05, 0) is 31.7 Å². The molecule has 1 aliphatic rings. The van der Waals surface area contributed by atoms with Crippen LogP contribution >= 0.6 is 0 Å². The minimum absolute atomic E-state index is 0.0570. The standard InChI is InChI=1S/C14H24N4O/c1-11-6-3-4-7-13(11)17-14(19)16-12(2)10-18-9-5-8-15-18/h5,8-9,11-13H,3-4,6-7,10H2,1-2H3,(H2,16,17,19)/t11-,12+,13+/m0/s1. The maximum atomic E-state index is 11.9. The predicted molar refractivity (Wildman–Crippen MR) is 74.8 cm³/mol. The number of nitrogens with one attached hydrogen (secondary N) is 2. The Labute approximate surface area is 114 Å². The minimum atomic E-state index is -0.0570. The van der Waals surface area contributed by atoms with Crippen LogP contribution in [0.15, 0.2) is 18.5 Å². The van der Waals surface area contributed by atoms with Gasteiger partial charge in [0.25, 0.3) is 0 Å². The van der Waals surface area contributed by atoms with Crippen molar-refractivity contribution in [2.75, 3.05) is 0 Å². The third-order valence-electron chi connectivity index (χ3n) is 3.83. The van der Waals surface area contributed by atoms with Crippen LogP contribution in [0.5, 0.6) is 0 Å². The van der Waals surface area contributed by atoms with Crippen LogP contribution in [0.1, 0.15) is 39.5 Å². The lowest BCUT2D eigenvalue weighted by Crippen LogP contribution is -2.49. The van der Waals surface area contributed by atoms with Crippen molar-refractivity contribution in [1.82, 2.24) is 20.4 Å². The Morgan fingerprint density at radius 3 is 2.95 bits per heavy atom. The topological polar surface area (TPSA) is 59.0 Å². The van der Waals surface area contributed by atoms with E-state index >= 15 is 0 Å². The first kappa shape index (κ1) is 13.9. The largest absolute Gasteiger partial charge is 0.335 e. The summed E-state index contributed by atoms with van der Waals surface area (Å²) >= 11 is 0. The first-order valence-corrected chi connectivity index (χ1v) is 7.19. The van der Waals surface area contributed by atoms with Crippen LogP contribution in [0.25, 0.3) is 0 Å². The van der Waals surface area contributed by atoms with Crippen LogP contribution < -0.4 is 10.6 Å². The minimum Gasteiger partial charge on any atom is -0.335 e. The molecule has 1 aromatic heterocycles. The van der Waals surface area contributed by atoms with Gasteiger partial charge in [0.15, 0.2) is 0 Å². The number of aromatic nitrogens is 2. The smallest absolute Gasteiger partial charge is 0.315 e. The molecule has 1 fully saturated rings. The van der Waals surface area contributed by atoms with E-state index in [0.717, 1.165) is 6.42 Å². The van der Waals surface area contributed by atoms with E-state index in [1.807, 2.05) is 23.9 Å². The van der Waals surface area contributed by atoms with Gasteiger partial charge in [0.2, 0.25) is 0 Å². The van der Waals surface area contributed by atoms with Gasteiger partial charge in [0, 0.05) is 24.5 Å². The second kappa shape index (κ2) is 6.59. The molecule has 19 heavy (non-hydrogen) atoms. The van der Waals surface area contributed by atoms with Crippen molar-refractivity contribution in [2.45, 2.75) is 58.2 Å². The Kier molecular flexibility index (Phi) is 4.82. The number of hydrogen-bond acceptors (Lipinski definition) is 2. The fourth-order valence-corrected chi connectivity index (χ4v) is 2.70. The highest BCUT2D eigenvalue weighted by Crippen LogP contribution is 2.23. The van der Waals surface area contributed by atoms with Gasteiger partial charge in [-0.2, -0.15) is 5.10 Å². The zero-order chi connectivity index (χ0) is 13.7. The summed E-state index contributed by atoms with van der Waals surface area (Å²) in [4.78, 5) is 11.9. The van der Waals surface area contributed by atoms with E-state index in [1.54, 1.807) is 6.20 Å². The first-order valence-electron chi connectivity index (χ1n) is 7.19. The van der Waals surface area contributed by atoms with Gasteiger partial charge in [0.05, 0.1) is 6.54 Å². The third-order valence-corrected chi connectivity index (χ3v) is 3.83. The Bertz CT molecular complexity index is 390. The van der Waals surface area contributed by atoms with Gasteiger partial charge in [0.1, 0.15) is 0 Å². The quantitative estimate of drug-likeness (QED) is 0.875. The molecule has 0 unspecified atom stereocenters. The zero-order valence-electron chi connectivity index (χ0n) is 11.8. The number of hydrogen-bond donors (Lipinski definition) is 2. The lowest BCUT2D eigenvalue weighted by molar-refractivity contribution is 0.217. The highest BCUT2D eigenvalue weighted by molar-refractivity contribution is 5.74. The molecule has 0 aromatic carbocycles. The van der Waals surface area contributed by atoms with Gasteiger partial charge in [-0.1, -0.05) is 19.8 Å². The van der Waals surface area contributed by atoms with E-state index in [4.69, 9.17) is 0 Å². The van der Waals surface area contributed by atoms with Crippen LogP contribution in [0.2, 0.25) is 0 Å². The van der Waals surface area contributed by atoms with Crippen molar-refractivity contribution in [3.05, 3.63) is 18.5 Å². The lowest BCUT2D eigenvalue weighted by atomic mass is 9.86. The predicted octanol–water partition coefficient (Wildman–Crippen LogP) is 2.15. The number of urea groups is 1. The molecular formula is C14H24N4O. The fraction of sp³-hybridized carbons (Fsp3) is 0.714. The lowest BCUT2D eigenvalue weighted by Gasteiger charge is -2.30. The van der Waals surface area contributed by atoms with Gasteiger partial charge < -0.3 is 10.6 Å². The Morgan fingerprint density at radius 1 is 1.47 bits per heavy atom. The summed E-state index contributed by atoms with van der Waals surface area (Å²) in [6.07, 6.45) is 8.47. The first-order chi connectivity index (χ1) is 9.15. The molecule has 2 amide bonds. The average molecular weight is 264 g/mol. The number of nitrogens with zero attached hydrogens (tertiary/aromatic N) is 2. The zero-order valence-corrected chi connectivity index (χ0v) is 11.8. The van der Waals surface area contributed by atoms with Crippen molar-refractivity contribution >= 4 is 6.03 Å². The molecule has 2 rings (SSSR count).